The maximum absolute atomic E-state index is 5.48. The zero-order valence-electron chi connectivity index (χ0n) is 13.3. The summed E-state index contributed by atoms with van der Waals surface area (Å²) in [6, 6.07) is 4.01. The monoisotopic (exact) mass is 300 g/mol. The van der Waals surface area contributed by atoms with Crippen LogP contribution in [0, 0.1) is 0 Å². The second-order valence-electron chi connectivity index (χ2n) is 6.52. The SMILES string of the molecule is Cn1nc(CN2CCCC2)c2c1CN(Cc1ccco1)CC2. The Morgan fingerprint density at radius 1 is 1.14 bits per heavy atom. The molecule has 0 amide bonds. The molecular formula is C17H24N4O. The largest absolute Gasteiger partial charge is 0.468 e. The average molecular weight is 300 g/mol. The number of hydrogen-bond acceptors (Lipinski definition) is 4. The lowest BCUT2D eigenvalue weighted by molar-refractivity contribution is 0.219. The van der Waals surface area contributed by atoms with Gasteiger partial charge in [-0.05, 0) is 44.5 Å². The predicted octanol–water partition coefficient (Wildman–Crippen LogP) is 2.17. The van der Waals surface area contributed by atoms with Gasteiger partial charge in [-0.2, -0.15) is 5.10 Å². The number of furan rings is 1. The van der Waals surface area contributed by atoms with E-state index >= 15 is 0 Å². The van der Waals surface area contributed by atoms with E-state index in [1.165, 1.54) is 42.9 Å². The molecule has 118 valence electrons. The van der Waals surface area contributed by atoms with Crippen LogP contribution in [-0.4, -0.2) is 39.2 Å². The van der Waals surface area contributed by atoms with Crippen molar-refractivity contribution in [1.82, 2.24) is 19.6 Å². The second-order valence-corrected chi connectivity index (χ2v) is 6.52. The fourth-order valence-electron chi connectivity index (χ4n) is 3.75. The van der Waals surface area contributed by atoms with E-state index in [4.69, 9.17) is 9.52 Å². The smallest absolute Gasteiger partial charge is 0.117 e. The van der Waals surface area contributed by atoms with Gasteiger partial charge < -0.3 is 4.42 Å². The minimum Gasteiger partial charge on any atom is -0.468 e. The molecule has 0 saturated carbocycles. The summed E-state index contributed by atoms with van der Waals surface area (Å²) in [6.45, 7) is 6.44. The fourth-order valence-corrected chi connectivity index (χ4v) is 3.75. The summed E-state index contributed by atoms with van der Waals surface area (Å²) in [5.74, 6) is 1.04. The third-order valence-electron chi connectivity index (χ3n) is 4.94. The molecule has 0 aliphatic carbocycles. The van der Waals surface area contributed by atoms with Gasteiger partial charge in [0, 0.05) is 32.2 Å². The van der Waals surface area contributed by atoms with Gasteiger partial charge in [0.2, 0.25) is 0 Å². The van der Waals surface area contributed by atoms with Gasteiger partial charge in [0.05, 0.1) is 24.2 Å². The highest BCUT2D eigenvalue weighted by Gasteiger charge is 2.25. The Hall–Kier alpha value is -1.59. The first-order valence-electron chi connectivity index (χ1n) is 8.30. The summed E-state index contributed by atoms with van der Waals surface area (Å²) in [6.07, 6.45) is 5.54. The summed E-state index contributed by atoms with van der Waals surface area (Å²) in [7, 11) is 2.09. The molecule has 1 saturated heterocycles. The predicted molar refractivity (Wildman–Crippen MR) is 84.2 cm³/mol. The summed E-state index contributed by atoms with van der Waals surface area (Å²) in [5, 5.41) is 4.81. The number of rotatable bonds is 4. The Labute approximate surface area is 131 Å². The van der Waals surface area contributed by atoms with Crippen molar-refractivity contribution in [2.45, 2.75) is 38.9 Å². The van der Waals surface area contributed by atoms with Crippen LogP contribution in [0.4, 0.5) is 0 Å². The van der Waals surface area contributed by atoms with Crippen LogP contribution in [-0.2, 0) is 33.1 Å². The van der Waals surface area contributed by atoms with Gasteiger partial charge in [0.15, 0.2) is 0 Å². The highest BCUT2D eigenvalue weighted by molar-refractivity contribution is 5.29. The number of hydrogen-bond donors (Lipinski definition) is 0. The molecule has 0 atom stereocenters. The van der Waals surface area contributed by atoms with Crippen LogP contribution in [0.2, 0.25) is 0 Å². The van der Waals surface area contributed by atoms with Crippen molar-refractivity contribution in [2.24, 2.45) is 7.05 Å². The topological polar surface area (TPSA) is 37.4 Å². The lowest BCUT2D eigenvalue weighted by Gasteiger charge is -2.27. The molecule has 0 spiro atoms. The zero-order chi connectivity index (χ0) is 14.9. The Morgan fingerprint density at radius 3 is 2.77 bits per heavy atom. The Balaban J connectivity index is 1.48. The van der Waals surface area contributed by atoms with Crippen molar-refractivity contribution in [3.8, 4) is 0 Å². The molecular weight excluding hydrogens is 276 g/mol. The highest BCUT2D eigenvalue weighted by atomic mass is 16.3. The molecule has 0 radical (unpaired) electrons. The molecule has 4 heterocycles. The van der Waals surface area contributed by atoms with Crippen LogP contribution in [0.25, 0.3) is 0 Å². The summed E-state index contributed by atoms with van der Waals surface area (Å²) in [4.78, 5) is 4.99. The molecule has 4 rings (SSSR count). The molecule has 5 nitrogen and oxygen atoms in total. The fraction of sp³-hybridized carbons (Fsp3) is 0.588. The molecule has 2 aromatic heterocycles. The van der Waals surface area contributed by atoms with Crippen LogP contribution < -0.4 is 0 Å². The van der Waals surface area contributed by atoms with E-state index < -0.39 is 0 Å². The van der Waals surface area contributed by atoms with Crippen LogP contribution in [0.3, 0.4) is 0 Å². The van der Waals surface area contributed by atoms with E-state index in [0.29, 0.717) is 0 Å². The van der Waals surface area contributed by atoms with E-state index in [1.54, 1.807) is 6.26 Å². The summed E-state index contributed by atoms with van der Waals surface area (Å²) in [5.41, 5.74) is 4.18. The molecule has 2 aliphatic heterocycles. The maximum Gasteiger partial charge on any atom is 0.117 e. The van der Waals surface area contributed by atoms with Crippen molar-refractivity contribution < 1.29 is 4.42 Å². The lowest BCUT2D eigenvalue weighted by atomic mass is 10.0. The van der Waals surface area contributed by atoms with Gasteiger partial charge in [-0.1, -0.05) is 0 Å². The molecule has 1 fully saturated rings. The van der Waals surface area contributed by atoms with Crippen molar-refractivity contribution in [3.63, 3.8) is 0 Å². The lowest BCUT2D eigenvalue weighted by Crippen LogP contribution is -2.31. The van der Waals surface area contributed by atoms with Crippen molar-refractivity contribution in [3.05, 3.63) is 41.1 Å². The Kier molecular flexibility index (Phi) is 3.76. The molecule has 5 heteroatoms. The van der Waals surface area contributed by atoms with Crippen LogP contribution in [0.5, 0.6) is 0 Å². The molecule has 0 N–H and O–H groups in total. The molecule has 0 aromatic carbocycles. The third kappa shape index (κ3) is 2.71. The molecule has 2 aromatic rings. The summed E-state index contributed by atoms with van der Waals surface area (Å²) < 4.78 is 7.57. The first kappa shape index (κ1) is 14.0. The first-order valence-corrected chi connectivity index (χ1v) is 8.30. The Morgan fingerprint density at radius 2 is 2.00 bits per heavy atom. The van der Waals surface area contributed by atoms with Crippen molar-refractivity contribution in [2.75, 3.05) is 19.6 Å². The quantitative estimate of drug-likeness (QED) is 0.867. The molecule has 0 bridgehead atoms. The van der Waals surface area contributed by atoms with Crippen molar-refractivity contribution in [1.29, 1.82) is 0 Å². The number of aromatic nitrogens is 2. The van der Waals surface area contributed by atoms with E-state index in [2.05, 4.69) is 27.6 Å². The molecule has 22 heavy (non-hydrogen) atoms. The molecule has 0 unspecified atom stereocenters. The first-order chi connectivity index (χ1) is 10.8. The zero-order valence-corrected chi connectivity index (χ0v) is 13.3. The van der Waals surface area contributed by atoms with Gasteiger partial charge in [-0.3, -0.25) is 14.5 Å². The minimum atomic E-state index is 0.888. The minimum absolute atomic E-state index is 0.888. The van der Waals surface area contributed by atoms with Gasteiger partial charge in [0.1, 0.15) is 5.76 Å². The number of likely N-dealkylation sites (tertiary alicyclic amines) is 1. The number of nitrogens with zero attached hydrogens (tertiary/aromatic N) is 4. The van der Waals surface area contributed by atoms with E-state index in [9.17, 15) is 0 Å². The summed E-state index contributed by atoms with van der Waals surface area (Å²) >= 11 is 0. The standard InChI is InChI=1S/C17H24N4O/c1-19-17-13-21(11-14-5-4-10-22-14)9-6-15(17)16(18-19)12-20-7-2-3-8-20/h4-5,10H,2-3,6-9,11-13H2,1H3. The van der Waals surface area contributed by atoms with Crippen LogP contribution in [0.1, 0.15) is 35.6 Å². The van der Waals surface area contributed by atoms with Gasteiger partial charge in [-0.25, -0.2) is 0 Å². The second kappa shape index (κ2) is 5.89. The Bertz CT molecular complexity index is 625. The van der Waals surface area contributed by atoms with E-state index in [1.807, 2.05) is 6.07 Å². The van der Waals surface area contributed by atoms with Crippen LogP contribution >= 0.6 is 0 Å². The van der Waals surface area contributed by atoms with E-state index in [0.717, 1.165) is 38.4 Å². The van der Waals surface area contributed by atoms with E-state index in [-0.39, 0.29) is 0 Å². The van der Waals surface area contributed by atoms with Crippen LogP contribution in [0.15, 0.2) is 22.8 Å². The maximum atomic E-state index is 5.48. The van der Waals surface area contributed by atoms with Gasteiger partial charge in [0.25, 0.3) is 0 Å². The van der Waals surface area contributed by atoms with Crippen molar-refractivity contribution >= 4 is 0 Å². The molecule has 2 aliphatic rings. The third-order valence-corrected chi connectivity index (χ3v) is 4.94. The van der Waals surface area contributed by atoms with Gasteiger partial charge >= 0.3 is 0 Å². The number of aryl methyl sites for hydroxylation is 1. The average Bonchev–Trinajstić information content (AvgIpc) is 3.24. The number of fused-ring (bicyclic) bond motifs is 1. The highest BCUT2D eigenvalue weighted by Crippen LogP contribution is 2.25. The normalized spacial score (nSPS) is 19.7. The van der Waals surface area contributed by atoms with Gasteiger partial charge in [-0.15, -0.1) is 0 Å².